The van der Waals surface area contributed by atoms with Gasteiger partial charge in [0.1, 0.15) is 24.5 Å². The van der Waals surface area contributed by atoms with Gasteiger partial charge in [-0.25, -0.2) is 14.4 Å². The van der Waals surface area contributed by atoms with Gasteiger partial charge < -0.3 is 4.74 Å². The fourth-order valence-corrected chi connectivity index (χ4v) is 1.96. The zero-order valence-electron chi connectivity index (χ0n) is 11.1. The van der Waals surface area contributed by atoms with Crippen LogP contribution in [0.3, 0.4) is 0 Å². The minimum atomic E-state index is -0.468. The quantitative estimate of drug-likeness (QED) is 0.811. The molecule has 3 nitrogen and oxygen atoms in total. The molecule has 0 aliphatic heterocycles. The lowest BCUT2D eigenvalue weighted by atomic mass is 10.0. The van der Waals surface area contributed by atoms with Crippen LogP contribution in [0.1, 0.15) is 11.3 Å². The van der Waals surface area contributed by atoms with E-state index in [1.54, 1.807) is 0 Å². The van der Waals surface area contributed by atoms with Crippen molar-refractivity contribution in [1.29, 1.82) is 0 Å². The van der Waals surface area contributed by atoms with Gasteiger partial charge in [0.2, 0.25) is 0 Å². The summed E-state index contributed by atoms with van der Waals surface area (Å²) in [6.07, 6.45) is 6.53. The molecule has 20 heavy (non-hydrogen) atoms. The molecule has 0 bridgehead atoms. The smallest absolute Gasteiger partial charge is 0.148 e. The third-order valence-corrected chi connectivity index (χ3v) is 3.22. The molecule has 2 rings (SSSR count). The highest BCUT2D eigenvalue weighted by Gasteiger charge is 2.15. The fraction of sp³-hybridized carbons (Fsp3) is 0.200. The van der Waals surface area contributed by atoms with Gasteiger partial charge in [-0.2, -0.15) is 0 Å². The van der Waals surface area contributed by atoms with E-state index in [-0.39, 0.29) is 11.6 Å². The number of hydrogen-bond acceptors (Lipinski definition) is 3. The monoisotopic (exact) mass is 290 g/mol. The molecule has 0 fully saturated rings. The first-order valence-corrected chi connectivity index (χ1v) is 6.26. The topological polar surface area (TPSA) is 35.0 Å². The number of nitrogens with zero attached hydrogens (tertiary/aromatic N) is 2. The van der Waals surface area contributed by atoms with Gasteiger partial charge in [0, 0.05) is 11.3 Å². The van der Waals surface area contributed by atoms with E-state index in [0.29, 0.717) is 17.0 Å². The summed E-state index contributed by atoms with van der Waals surface area (Å²) in [7, 11) is 0. The van der Waals surface area contributed by atoms with Gasteiger partial charge in [0.25, 0.3) is 0 Å². The Balaban J connectivity index is 2.56. The van der Waals surface area contributed by atoms with Crippen molar-refractivity contribution >= 4 is 11.6 Å². The second kappa shape index (κ2) is 5.89. The molecule has 0 saturated carbocycles. The molecular weight excluding hydrogens is 279 g/mol. The second-order valence-corrected chi connectivity index (χ2v) is 4.60. The summed E-state index contributed by atoms with van der Waals surface area (Å²) in [6, 6.07) is 2.70. The van der Waals surface area contributed by atoms with E-state index >= 15 is 0 Å². The molecule has 1 aromatic carbocycles. The average molecular weight is 291 g/mol. The number of ether oxygens (including phenoxy) is 1. The molecule has 0 aliphatic rings. The molecule has 2 aromatic rings. The summed E-state index contributed by atoms with van der Waals surface area (Å²) in [5.74, 6) is 2.20. The van der Waals surface area contributed by atoms with Crippen LogP contribution >= 0.6 is 11.6 Å². The summed E-state index contributed by atoms with van der Waals surface area (Å²) in [4.78, 5) is 8.20. The van der Waals surface area contributed by atoms with Crippen molar-refractivity contribution < 1.29 is 9.13 Å². The standard InChI is InChI=1S/C15H12ClFN2O/c1-4-5-20-14-6-11(13(17)7-12(14)16)15-9(2)10(3)18-8-19-15/h1,6-8H,5H2,2-3H3. The van der Waals surface area contributed by atoms with Crippen LogP contribution < -0.4 is 4.74 Å². The maximum Gasteiger partial charge on any atom is 0.148 e. The molecular formula is C15H12ClFN2O. The lowest BCUT2D eigenvalue weighted by Crippen LogP contribution is -1.99. The van der Waals surface area contributed by atoms with Crippen molar-refractivity contribution in [2.24, 2.45) is 0 Å². The fourth-order valence-electron chi connectivity index (χ4n) is 1.75. The number of aryl methyl sites for hydroxylation is 1. The Labute approximate surface area is 121 Å². The Morgan fingerprint density at radius 1 is 1.35 bits per heavy atom. The number of aromatic nitrogens is 2. The molecule has 1 heterocycles. The summed E-state index contributed by atoms with van der Waals surface area (Å²) in [6.45, 7) is 3.73. The highest BCUT2D eigenvalue weighted by molar-refractivity contribution is 6.32. The molecule has 0 amide bonds. The molecule has 0 saturated heterocycles. The van der Waals surface area contributed by atoms with E-state index in [1.807, 2.05) is 13.8 Å². The van der Waals surface area contributed by atoms with Gasteiger partial charge in [0.15, 0.2) is 0 Å². The summed E-state index contributed by atoms with van der Waals surface area (Å²) in [5, 5.41) is 0.171. The van der Waals surface area contributed by atoms with E-state index in [2.05, 4.69) is 15.9 Å². The predicted molar refractivity (Wildman–Crippen MR) is 76.2 cm³/mol. The van der Waals surface area contributed by atoms with Crippen LogP contribution in [0.5, 0.6) is 5.75 Å². The molecule has 0 aliphatic carbocycles. The normalized spacial score (nSPS) is 10.2. The molecule has 5 heteroatoms. The Bertz CT molecular complexity index is 695. The van der Waals surface area contributed by atoms with E-state index in [0.717, 1.165) is 11.3 Å². The van der Waals surface area contributed by atoms with Gasteiger partial charge in [-0.3, -0.25) is 0 Å². The zero-order valence-corrected chi connectivity index (χ0v) is 11.8. The van der Waals surface area contributed by atoms with Gasteiger partial charge in [-0.05, 0) is 31.5 Å². The number of terminal acetylenes is 1. The van der Waals surface area contributed by atoms with Crippen LogP contribution in [0.2, 0.25) is 5.02 Å². The highest BCUT2D eigenvalue weighted by atomic mass is 35.5. The minimum absolute atomic E-state index is 0.0621. The number of hydrogen-bond donors (Lipinski definition) is 0. The first-order chi connectivity index (χ1) is 9.54. The molecule has 0 atom stereocenters. The molecule has 0 spiro atoms. The third kappa shape index (κ3) is 2.73. The lowest BCUT2D eigenvalue weighted by molar-refractivity contribution is 0.370. The van der Waals surface area contributed by atoms with E-state index in [1.165, 1.54) is 18.5 Å². The first-order valence-electron chi connectivity index (χ1n) is 5.88. The molecule has 0 N–H and O–H groups in total. The van der Waals surface area contributed by atoms with Crippen molar-refractivity contribution in [2.75, 3.05) is 6.61 Å². The van der Waals surface area contributed by atoms with Crippen molar-refractivity contribution in [1.82, 2.24) is 9.97 Å². The predicted octanol–water partition coefficient (Wildman–Crippen LogP) is 3.56. The molecule has 0 unspecified atom stereocenters. The number of halogens is 2. The van der Waals surface area contributed by atoms with Gasteiger partial charge in [0.05, 0.1) is 10.7 Å². The lowest BCUT2D eigenvalue weighted by Gasteiger charge is -2.11. The van der Waals surface area contributed by atoms with Crippen molar-refractivity contribution in [3.8, 4) is 29.4 Å². The van der Waals surface area contributed by atoms with Crippen LogP contribution in [0, 0.1) is 32.0 Å². The SMILES string of the molecule is C#CCOc1cc(-c2ncnc(C)c2C)c(F)cc1Cl. The van der Waals surface area contributed by atoms with Gasteiger partial charge in [-0.15, -0.1) is 6.42 Å². The maximum absolute atomic E-state index is 14.1. The summed E-state index contributed by atoms with van der Waals surface area (Å²) < 4.78 is 19.4. The van der Waals surface area contributed by atoms with Crippen LogP contribution in [0.15, 0.2) is 18.5 Å². The Morgan fingerprint density at radius 3 is 2.80 bits per heavy atom. The maximum atomic E-state index is 14.1. The van der Waals surface area contributed by atoms with E-state index in [9.17, 15) is 4.39 Å². The van der Waals surface area contributed by atoms with Crippen molar-refractivity contribution in [2.45, 2.75) is 13.8 Å². The average Bonchev–Trinajstić information content (AvgIpc) is 2.41. The molecule has 0 radical (unpaired) electrons. The molecule has 1 aromatic heterocycles. The number of benzene rings is 1. The highest BCUT2D eigenvalue weighted by Crippen LogP contribution is 2.33. The van der Waals surface area contributed by atoms with E-state index < -0.39 is 5.82 Å². The van der Waals surface area contributed by atoms with Crippen LogP contribution in [0.4, 0.5) is 4.39 Å². The minimum Gasteiger partial charge on any atom is -0.479 e. The molecule has 102 valence electrons. The van der Waals surface area contributed by atoms with Gasteiger partial charge >= 0.3 is 0 Å². The second-order valence-electron chi connectivity index (χ2n) is 4.19. The van der Waals surface area contributed by atoms with E-state index in [4.69, 9.17) is 22.8 Å². The zero-order chi connectivity index (χ0) is 14.7. The van der Waals surface area contributed by atoms with Crippen molar-refractivity contribution in [3.63, 3.8) is 0 Å². The Morgan fingerprint density at radius 2 is 2.10 bits per heavy atom. The Hall–Kier alpha value is -2.12. The largest absolute Gasteiger partial charge is 0.479 e. The van der Waals surface area contributed by atoms with Crippen LogP contribution in [0.25, 0.3) is 11.3 Å². The first kappa shape index (κ1) is 14.3. The van der Waals surface area contributed by atoms with Crippen molar-refractivity contribution in [3.05, 3.63) is 40.6 Å². The Kier molecular flexibility index (Phi) is 4.21. The van der Waals surface area contributed by atoms with Crippen LogP contribution in [-0.2, 0) is 0 Å². The van der Waals surface area contributed by atoms with Crippen LogP contribution in [-0.4, -0.2) is 16.6 Å². The third-order valence-electron chi connectivity index (χ3n) is 2.92. The summed E-state index contributed by atoms with van der Waals surface area (Å²) in [5.41, 5.74) is 2.41. The van der Waals surface area contributed by atoms with Gasteiger partial charge in [-0.1, -0.05) is 17.5 Å². The number of rotatable bonds is 3. The summed E-state index contributed by atoms with van der Waals surface area (Å²) >= 11 is 5.93.